The molecule has 12 heteroatoms. The summed E-state index contributed by atoms with van der Waals surface area (Å²) in [5.41, 5.74) is 38.0. The maximum absolute atomic E-state index is 5.82. The first kappa shape index (κ1) is 93.1. The molecule has 0 amide bonds. The lowest BCUT2D eigenvalue weighted by molar-refractivity contribution is -0.0602. The summed E-state index contributed by atoms with van der Waals surface area (Å²) < 4.78 is 17.6. The third-order valence-corrected chi connectivity index (χ3v) is 41.0. The zero-order valence-electron chi connectivity index (χ0n) is 88.5. The van der Waals surface area contributed by atoms with E-state index in [0.29, 0.717) is 36.3 Å². The number of rotatable bonds is 4. The number of nitrogens with zero attached hydrogens (tertiary/aromatic N) is 11. The van der Waals surface area contributed by atoms with Crippen molar-refractivity contribution in [2.24, 2.45) is 69.7 Å². The number of para-hydroxylation sites is 6. The van der Waals surface area contributed by atoms with Gasteiger partial charge in [-0.1, -0.05) is 210 Å². The van der Waals surface area contributed by atoms with Crippen LogP contribution in [-0.2, 0) is 79.3 Å². The molecule has 8 atom stereocenters. The van der Waals surface area contributed by atoms with Gasteiger partial charge in [-0.05, 0) is 307 Å². The topological polar surface area (TPSA) is 57.2 Å². The second-order valence-corrected chi connectivity index (χ2v) is 48.0. The smallest absolute Gasteiger partial charge is 0.131 e. The predicted octanol–water partition coefficient (Wildman–Crippen LogP) is 31.2. The van der Waals surface area contributed by atoms with Crippen molar-refractivity contribution >= 4 is 34.1 Å². The van der Waals surface area contributed by atoms with Gasteiger partial charge < -0.3 is 56.7 Å². The molecule has 0 saturated heterocycles. The van der Waals surface area contributed by atoms with Crippen molar-refractivity contribution < 1.29 is 4.42 Å². The molecule has 27 rings (SSSR count). The molecule has 6 aromatic heterocycles. The number of hydrogen-bond donors (Lipinski definition) is 0. The van der Waals surface area contributed by atoms with Crippen LogP contribution in [0.3, 0.4) is 0 Å². The second kappa shape index (κ2) is 33.0. The molecular weight excluding hydrogens is 1670 g/mol. The van der Waals surface area contributed by atoms with E-state index in [1.54, 1.807) is 22.4 Å². The van der Waals surface area contributed by atoms with Crippen molar-refractivity contribution in [3.05, 3.63) is 319 Å². The van der Waals surface area contributed by atoms with E-state index < -0.39 is 0 Å². The highest BCUT2D eigenvalue weighted by Gasteiger charge is 2.69. The Morgan fingerprint density at radius 2 is 0.547 bits per heavy atom. The van der Waals surface area contributed by atoms with Gasteiger partial charge in [0.2, 0.25) is 0 Å². The molecule has 8 unspecified atom stereocenters. The summed E-state index contributed by atoms with van der Waals surface area (Å²) in [6, 6.07) is 65.9. The summed E-state index contributed by atoms with van der Waals surface area (Å²) in [6.07, 6.45) is 37.6. The van der Waals surface area contributed by atoms with Crippen molar-refractivity contribution in [3.63, 3.8) is 0 Å². The fourth-order valence-corrected chi connectivity index (χ4v) is 33.4. The molecule has 4 spiro atoms. The highest BCUT2D eigenvalue weighted by atomic mass is 16.3. The van der Waals surface area contributed by atoms with Crippen molar-refractivity contribution in [1.82, 2.24) is 22.8 Å². The van der Waals surface area contributed by atoms with Crippen LogP contribution < -0.4 is 29.4 Å². The molecule has 7 aliphatic carbocycles. The molecule has 12 nitrogen and oxygen atoms in total. The minimum atomic E-state index is -0.00831. The first-order valence-electron chi connectivity index (χ1n) is 53.3. The van der Waals surface area contributed by atoms with Gasteiger partial charge in [-0.25, -0.2) is 0 Å². The Morgan fingerprint density at radius 1 is 0.263 bits per heavy atom. The minimum absolute atomic E-state index is 0.00831. The Balaban J connectivity index is 0.0000000983. The van der Waals surface area contributed by atoms with E-state index in [4.69, 9.17) is 4.42 Å². The van der Waals surface area contributed by atoms with E-state index in [9.17, 15) is 0 Å². The summed E-state index contributed by atoms with van der Waals surface area (Å²) >= 11 is 0. The van der Waals surface area contributed by atoms with E-state index in [2.05, 4.69) is 441 Å². The van der Waals surface area contributed by atoms with Gasteiger partial charge in [0.15, 0.2) is 0 Å². The number of fused-ring (bicyclic) bond motifs is 17. The normalized spacial score (nSPS) is 28.4. The Morgan fingerprint density at radius 3 is 0.912 bits per heavy atom. The van der Waals surface area contributed by atoms with E-state index in [1.165, 1.54) is 239 Å². The number of anilines is 6. The van der Waals surface area contributed by atoms with Crippen LogP contribution in [0.5, 0.6) is 0 Å². The molecule has 6 aromatic carbocycles. The SMILES string of the molecule is Cc1cccc2c1N1C(C)c3c(ccn3C)C1(C)C(C)(C)C2(C)C.Cc1cccc2c1N1C(C)c3c(ccn3C)C1(C)C(C)(C)C2(C)C.Cc1ccccc1N1C(C)c2c(ccn2C)C12C1CC3CC(C1)CC2C3.Cc1ccccc1N1C(C)c2c(ccn2C)C12CCCC2.Cc1ccccc1N1C(C)c2c(ccn2C)C12CCCCC2.Cc1ccccc1N1C(C)c2occc2C12CCCC2. The van der Waals surface area contributed by atoms with E-state index in [0.717, 1.165) is 23.7 Å². The molecule has 15 aliphatic rings. The Hall–Kier alpha value is -10.2. The van der Waals surface area contributed by atoms with E-state index in [-0.39, 0.29) is 54.9 Å². The second-order valence-electron chi connectivity index (χ2n) is 48.0. The highest BCUT2D eigenvalue weighted by molar-refractivity contribution is 5.76. The van der Waals surface area contributed by atoms with Crippen LogP contribution in [0.4, 0.5) is 34.1 Å². The van der Waals surface area contributed by atoms with Crippen LogP contribution in [0.1, 0.15) is 375 Å². The van der Waals surface area contributed by atoms with E-state index >= 15 is 0 Å². The van der Waals surface area contributed by atoms with Gasteiger partial charge in [0.05, 0.1) is 75.7 Å². The van der Waals surface area contributed by atoms with Crippen LogP contribution in [0.2, 0.25) is 0 Å². The molecule has 4 bridgehead atoms. The lowest BCUT2D eigenvalue weighted by Crippen LogP contribution is -2.62. The number of aryl methyl sites for hydroxylation is 11. The van der Waals surface area contributed by atoms with E-state index in [1.807, 2.05) is 6.26 Å². The molecule has 7 saturated carbocycles. The quantitative estimate of drug-likeness (QED) is 0.174. The highest BCUT2D eigenvalue weighted by Crippen LogP contribution is 2.73. The lowest BCUT2D eigenvalue weighted by atomic mass is 9.47. The molecular formula is C125H161N11O. The zero-order chi connectivity index (χ0) is 96.6. The summed E-state index contributed by atoms with van der Waals surface area (Å²) in [5.74, 6) is 4.86. The maximum atomic E-state index is 5.82. The third-order valence-electron chi connectivity index (χ3n) is 41.0. The fourth-order valence-electron chi connectivity index (χ4n) is 33.4. The largest absolute Gasteiger partial charge is 0.467 e. The number of furan rings is 1. The van der Waals surface area contributed by atoms with Crippen LogP contribution in [-0.4, -0.2) is 22.8 Å². The number of hydrogen-bond acceptors (Lipinski definition) is 7. The number of benzene rings is 6. The maximum Gasteiger partial charge on any atom is 0.131 e. The van der Waals surface area contributed by atoms with Gasteiger partial charge >= 0.3 is 0 Å². The lowest BCUT2D eigenvalue weighted by Gasteiger charge is -2.64. The van der Waals surface area contributed by atoms with Gasteiger partial charge in [0.1, 0.15) is 5.76 Å². The Labute approximate surface area is 822 Å². The summed E-state index contributed by atoms with van der Waals surface area (Å²) in [6.45, 7) is 52.3. The molecule has 722 valence electrons. The predicted molar refractivity (Wildman–Crippen MR) is 570 cm³/mol. The fraction of sp³-hybridized carbons (Fsp3) is 0.520. The zero-order valence-corrected chi connectivity index (χ0v) is 88.5. The van der Waals surface area contributed by atoms with Gasteiger partial charge in [-0.2, -0.15) is 0 Å². The first-order valence-corrected chi connectivity index (χ1v) is 53.3. The third kappa shape index (κ3) is 12.8. The Kier molecular flexibility index (Phi) is 22.4. The van der Waals surface area contributed by atoms with Gasteiger partial charge in [-0.3, -0.25) is 0 Å². The van der Waals surface area contributed by atoms with Crippen LogP contribution >= 0.6 is 0 Å². The van der Waals surface area contributed by atoms with Crippen LogP contribution in [0.15, 0.2) is 212 Å². The van der Waals surface area contributed by atoms with Crippen molar-refractivity contribution in [3.8, 4) is 0 Å². The van der Waals surface area contributed by atoms with Crippen LogP contribution in [0, 0.1) is 76.0 Å². The Bertz CT molecular complexity index is 6420. The first-order chi connectivity index (χ1) is 65.3. The summed E-state index contributed by atoms with van der Waals surface area (Å²) in [5, 5.41) is 0. The molecule has 0 N–H and O–H groups in total. The molecule has 8 aliphatic heterocycles. The molecule has 7 fully saturated rings. The monoisotopic (exact) mass is 1830 g/mol. The molecule has 137 heavy (non-hydrogen) atoms. The average Bonchev–Trinajstić information content (AvgIpc) is 1.52. The van der Waals surface area contributed by atoms with Crippen LogP contribution in [0.25, 0.3) is 0 Å². The van der Waals surface area contributed by atoms with Gasteiger partial charge in [0, 0.05) is 173 Å². The molecule has 12 aromatic rings. The van der Waals surface area contributed by atoms with Gasteiger partial charge in [-0.15, -0.1) is 0 Å². The van der Waals surface area contributed by atoms with Crippen molar-refractivity contribution in [1.29, 1.82) is 0 Å². The van der Waals surface area contributed by atoms with Crippen molar-refractivity contribution in [2.75, 3.05) is 29.4 Å². The molecule has 0 radical (unpaired) electrons. The summed E-state index contributed by atoms with van der Waals surface area (Å²) in [4.78, 5) is 16.4. The van der Waals surface area contributed by atoms with Gasteiger partial charge in [0.25, 0.3) is 0 Å². The van der Waals surface area contributed by atoms with Crippen molar-refractivity contribution in [2.45, 2.75) is 348 Å². The molecule has 14 heterocycles. The number of aromatic nitrogens is 5. The summed E-state index contributed by atoms with van der Waals surface area (Å²) in [7, 11) is 11.0. The standard InChI is InChI=1S/C24H30N2.2C22H30N2.C20H26N2.C19H24N2.C18H21NO/c1-15-6-4-5-7-22(15)26-16(2)23-21(8-9-25(23)3)24(26)19-11-17-10-18(13-19)14-20(24)12-17;2*1-14-10-9-11-16-18(14)24-15(2)19-17(12-13-23(19)8)22(24,7)21(5,6)20(16,3)4;1-15-9-5-6-10-18(15)22-16(2)19-17(11-14-21(19)3)20(22)12-7-4-8-13-20;1-14-8-4-5-9-17(14)21-15(2)18-16(10-13-20(18)3)19(21)11-6-7-12-19;1-13-7-3-4-8-16(13)19-14(2)17-15(9-12-20-17)18(19)10-5-6-11-18/h4-9,16-20H,10-14H2,1-3H3;2*9-13,15H,1-8H3;5-6,9-11,14,16H,4,7-8,12-13H2,1-3H3;4-5,8-10,13,15H,6-7,11-12H2,1-3H3;3-4,7-9,12,14H,5-6,10-11H2,1-2H3. The average molecular weight is 1830 g/mol. The minimum Gasteiger partial charge on any atom is -0.467 e.